The highest BCUT2D eigenvalue weighted by Gasteiger charge is 2.06. The summed E-state index contributed by atoms with van der Waals surface area (Å²) < 4.78 is 13.4. The first-order valence-corrected chi connectivity index (χ1v) is 4.76. The minimum Gasteiger partial charge on any atom is -0.326 e. The lowest BCUT2D eigenvalue weighted by molar-refractivity contribution is 0.409. The van der Waals surface area contributed by atoms with Gasteiger partial charge in [0.05, 0.1) is 0 Å². The summed E-state index contributed by atoms with van der Waals surface area (Å²) in [6.45, 7) is 1.24. The Kier molecular flexibility index (Phi) is 4.04. The van der Waals surface area contributed by atoms with Crippen LogP contribution in [0.1, 0.15) is 11.1 Å². The standard InChI is InChI=1S/C11H17FN2/c1-14(2)7-6-10-9(8-13)4-3-5-11(10)12/h3-5H,6-8,13H2,1-2H3. The lowest BCUT2D eigenvalue weighted by atomic mass is 10.0. The van der Waals surface area contributed by atoms with E-state index in [0.717, 1.165) is 17.7 Å². The molecule has 1 aromatic rings. The van der Waals surface area contributed by atoms with Crippen molar-refractivity contribution in [2.75, 3.05) is 20.6 Å². The molecule has 2 N–H and O–H groups in total. The van der Waals surface area contributed by atoms with Gasteiger partial charge < -0.3 is 10.6 Å². The van der Waals surface area contributed by atoms with Crippen LogP contribution in [0.4, 0.5) is 4.39 Å². The van der Waals surface area contributed by atoms with Crippen LogP contribution in [0.25, 0.3) is 0 Å². The van der Waals surface area contributed by atoms with Gasteiger partial charge in [0.2, 0.25) is 0 Å². The molecule has 0 saturated heterocycles. The summed E-state index contributed by atoms with van der Waals surface area (Å²) in [4.78, 5) is 2.03. The Morgan fingerprint density at radius 2 is 2.07 bits per heavy atom. The minimum atomic E-state index is -0.144. The normalized spacial score (nSPS) is 10.9. The number of nitrogens with two attached hydrogens (primary N) is 1. The molecule has 0 heterocycles. The van der Waals surface area contributed by atoms with E-state index in [-0.39, 0.29) is 5.82 Å². The van der Waals surface area contributed by atoms with Crippen molar-refractivity contribution in [2.45, 2.75) is 13.0 Å². The van der Waals surface area contributed by atoms with Gasteiger partial charge in [-0.05, 0) is 37.7 Å². The SMILES string of the molecule is CN(C)CCc1c(F)cccc1CN. The Morgan fingerprint density at radius 1 is 1.36 bits per heavy atom. The lowest BCUT2D eigenvalue weighted by Crippen LogP contribution is -2.17. The predicted octanol–water partition coefficient (Wildman–Crippen LogP) is 1.39. The zero-order chi connectivity index (χ0) is 10.6. The third kappa shape index (κ3) is 2.79. The third-order valence-electron chi connectivity index (χ3n) is 2.24. The molecule has 0 aromatic heterocycles. The van der Waals surface area contributed by atoms with E-state index in [4.69, 9.17) is 5.73 Å². The Morgan fingerprint density at radius 3 is 2.64 bits per heavy atom. The van der Waals surface area contributed by atoms with Crippen LogP contribution in [0.15, 0.2) is 18.2 Å². The summed E-state index contributed by atoms with van der Waals surface area (Å²) in [5.41, 5.74) is 7.21. The van der Waals surface area contributed by atoms with Gasteiger partial charge in [-0.15, -0.1) is 0 Å². The van der Waals surface area contributed by atoms with Gasteiger partial charge in [-0.1, -0.05) is 12.1 Å². The van der Waals surface area contributed by atoms with Crippen molar-refractivity contribution in [3.8, 4) is 0 Å². The highest BCUT2D eigenvalue weighted by Crippen LogP contribution is 2.13. The van der Waals surface area contributed by atoms with Gasteiger partial charge in [-0.2, -0.15) is 0 Å². The number of nitrogens with zero attached hydrogens (tertiary/aromatic N) is 1. The molecule has 0 fully saturated rings. The average molecular weight is 196 g/mol. The summed E-state index contributed by atoms with van der Waals surface area (Å²) in [6.07, 6.45) is 0.714. The lowest BCUT2D eigenvalue weighted by Gasteiger charge is -2.12. The van der Waals surface area contributed by atoms with E-state index in [1.165, 1.54) is 6.07 Å². The van der Waals surface area contributed by atoms with Crippen molar-refractivity contribution in [3.05, 3.63) is 35.1 Å². The van der Waals surface area contributed by atoms with Crippen LogP contribution in [0.3, 0.4) is 0 Å². The molecule has 0 amide bonds. The van der Waals surface area contributed by atoms with Crippen LogP contribution in [0, 0.1) is 5.82 Å². The van der Waals surface area contributed by atoms with Gasteiger partial charge in [0.25, 0.3) is 0 Å². The van der Waals surface area contributed by atoms with E-state index in [1.54, 1.807) is 6.07 Å². The second-order valence-electron chi connectivity index (χ2n) is 3.63. The molecule has 78 valence electrons. The van der Waals surface area contributed by atoms with Crippen molar-refractivity contribution >= 4 is 0 Å². The maximum Gasteiger partial charge on any atom is 0.126 e. The van der Waals surface area contributed by atoms with Crippen molar-refractivity contribution in [1.82, 2.24) is 4.90 Å². The molecule has 0 spiro atoms. The minimum absolute atomic E-state index is 0.144. The Bertz CT molecular complexity index is 297. The number of hydrogen-bond acceptors (Lipinski definition) is 2. The number of likely N-dealkylation sites (N-methyl/N-ethyl adjacent to an activating group) is 1. The van der Waals surface area contributed by atoms with Gasteiger partial charge >= 0.3 is 0 Å². The Hall–Kier alpha value is -0.930. The monoisotopic (exact) mass is 196 g/mol. The second kappa shape index (κ2) is 5.08. The first kappa shape index (κ1) is 11.1. The Balaban J connectivity index is 2.82. The maximum absolute atomic E-state index is 13.4. The van der Waals surface area contributed by atoms with E-state index < -0.39 is 0 Å². The summed E-state index contributed by atoms with van der Waals surface area (Å²) in [7, 11) is 3.95. The third-order valence-corrected chi connectivity index (χ3v) is 2.24. The average Bonchev–Trinajstić information content (AvgIpc) is 2.15. The molecular formula is C11H17FN2. The van der Waals surface area contributed by atoms with E-state index in [9.17, 15) is 4.39 Å². The van der Waals surface area contributed by atoms with E-state index >= 15 is 0 Å². The first-order chi connectivity index (χ1) is 6.65. The first-order valence-electron chi connectivity index (χ1n) is 4.76. The molecule has 0 aliphatic heterocycles. The molecule has 0 unspecified atom stereocenters. The molecule has 0 aliphatic carbocycles. The van der Waals surface area contributed by atoms with Crippen molar-refractivity contribution in [1.29, 1.82) is 0 Å². The van der Waals surface area contributed by atoms with Crippen LogP contribution in [0.2, 0.25) is 0 Å². The molecule has 0 radical (unpaired) electrons. The Labute approximate surface area is 84.5 Å². The summed E-state index contributed by atoms with van der Waals surface area (Å²) in [5, 5.41) is 0. The fourth-order valence-corrected chi connectivity index (χ4v) is 1.41. The van der Waals surface area contributed by atoms with Gasteiger partial charge in [-0.3, -0.25) is 0 Å². The van der Waals surface area contributed by atoms with Crippen molar-refractivity contribution in [2.24, 2.45) is 5.73 Å². The highest BCUT2D eigenvalue weighted by molar-refractivity contribution is 5.28. The zero-order valence-electron chi connectivity index (χ0n) is 8.76. The van der Waals surface area contributed by atoms with E-state index in [2.05, 4.69) is 0 Å². The van der Waals surface area contributed by atoms with E-state index in [0.29, 0.717) is 13.0 Å². The molecule has 1 aromatic carbocycles. The fourth-order valence-electron chi connectivity index (χ4n) is 1.41. The molecule has 3 heteroatoms. The number of hydrogen-bond donors (Lipinski definition) is 1. The van der Waals surface area contributed by atoms with Gasteiger partial charge in [0.15, 0.2) is 0 Å². The molecular weight excluding hydrogens is 179 g/mol. The number of halogens is 1. The fraction of sp³-hybridized carbons (Fsp3) is 0.455. The summed E-state index contributed by atoms with van der Waals surface area (Å²) in [5.74, 6) is -0.144. The van der Waals surface area contributed by atoms with Gasteiger partial charge in [0, 0.05) is 13.1 Å². The van der Waals surface area contributed by atoms with Crippen LogP contribution in [-0.2, 0) is 13.0 Å². The molecule has 0 bridgehead atoms. The van der Waals surface area contributed by atoms with E-state index in [1.807, 2.05) is 25.1 Å². The van der Waals surface area contributed by atoms with Crippen LogP contribution in [-0.4, -0.2) is 25.5 Å². The highest BCUT2D eigenvalue weighted by atomic mass is 19.1. The zero-order valence-corrected chi connectivity index (χ0v) is 8.76. The maximum atomic E-state index is 13.4. The molecule has 0 aliphatic rings. The summed E-state index contributed by atoms with van der Waals surface area (Å²) in [6, 6.07) is 5.08. The van der Waals surface area contributed by atoms with Crippen LogP contribution < -0.4 is 5.73 Å². The smallest absolute Gasteiger partial charge is 0.126 e. The van der Waals surface area contributed by atoms with Crippen molar-refractivity contribution in [3.63, 3.8) is 0 Å². The molecule has 2 nitrogen and oxygen atoms in total. The van der Waals surface area contributed by atoms with Crippen LogP contribution >= 0.6 is 0 Å². The van der Waals surface area contributed by atoms with Crippen LogP contribution in [0.5, 0.6) is 0 Å². The predicted molar refractivity (Wildman–Crippen MR) is 56.5 cm³/mol. The number of rotatable bonds is 4. The second-order valence-corrected chi connectivity index (χ2v) is 3.63. The van der Waals surface area contributed by atoms with Gasteiger partial charge in [0.1, 0.15) is 5.82 Å². The van der Waals surface area contributed by atoms with Crippen molar-refractivity contribution < 1.29 is 4.39 Å². The molecule has 1 rings (SSSR count). The number of benzene rings is 1. The molecule has 14 heavy (non-hydrogen) atoms. The molecule has 0 saturated carbocycles. The summed E-state index contributed by atoms with van der Waals surface area (Å²) >= 11 is 0. The topological polar surface area (TPSA) is 29.3 Å². The molecule has 0 atom stereocenters. The van der Waals surface area contributed by atoms with Gasteiger partial charge in [-0.25, -0.2) is 4.39 Å². The quantitative estimate of drug-likeness (QED) is 0.788. The largest absolute Gasteiger partial charge is 0.326 e.